The number of imidazole rings is 1. The topological polar surface area (TPSA) is 89.5 Å². The molecule has 0 spiro atoms. The standard InChI is InChI=1S/C15H12N4O3/c20-15(11-4-6-13(7-5-11)19(21)22)16-9-12-10-18-8-2-1-3-14(18)17-12/h1-8,10H,9H2,(H,16,20). The smallest absolute Gasteiger partial charge is 0.269 e. The Morgan fingerprint density at radius 2 is 2.00 bits per heavy atom. The number of non-ortho nitro benzene ring substituents is 1. The number of nitrogens with one attached hydrogen (secondary N) is 1. The Labute approximate surface area is 125 Å². The number of carbonyl (C=O) groups excluding carboxylic acids is 1. The van der Waals surface area contributed by atoms with Crippen LogP contribution in [0, 0.1) is 10.1 Å². The van der Waals surface area contributed by atoms with Gasteiger partial charge in [0.2, 0.25) is 0 Å². The number of nitro groups is 1. The summed E-state index contributed by atoms with van der Waals surface area (Å²) in [5.41, 5.74) is 1.87. The van der Waals surface area contributed by atoms with Crippen LogP contribution >= 0.6 is 0 Å². The number of hydrogen-bond acceptors (Lipinski definition) is 4. The van der Waals surface area contributed by atoms with Crippen molar-refractivity contribution in [3.05, 3.63) is 76.2 Å². The molecule has 0 unspecified atom stereocenters. The van der Waals surface area contributed by atoms with Crippen molar-refractivity contribution in [3.8, 4) is 0 Å². The molecule has 22 heavy (non-hydrogen) atoms. The minimum Gasteiger partial charge on any atom is -0.346 e. The van der Waals surface area contributed by atoms with Crippen molar-refractivity contribution in [1.29, 1.82) is 0 Å². The Bertz CT molecular complexity index is 806. The molecule has 1 amide bonds. The largest absolute Gasteiger partial charge is 0.346 e. The molecule has 0 radical (unpaired) electrons. The molecule has 7 nitrogen and oxygen atoms in total. The van der Waals surface area contributed by atoms with Gasteiger partial charge in [-0.2, -0.15) is 0 Å². The summed E-state index contributed by atoms with van der Waals surface area (Å²) in [5, 5.41) is 13.3. The van der Waals surface area contributed by atoms with Crippen LogP contribution in [0.3, 0.4) is 0 Å². The first-order chi connectivity index (χ1) is 10.6. The predicted molar refractivity (Wildman–Crippen MR) is 79.5 cm³/mol. The van der Waals surface area contributed by atoms with Crippen LogP contribution in [0.2, 0.25) is 0 Å². The molecule has 1 N–H and O–H groups in total. The first-order valence-corrected chi connectivity index (χ1v) is 6.59. The Balaban J connectivity index is 1.67. The van der Waals surface area contributed by atoms with Crippen LogP contribution in [0.15, 0.2) is 54.9 Å². The van der Waals surface area contributed by atoms with Gasteiger partial charge in [0.15, 0.2) is 0 Å². The molecule has 1 aromatic carbocycles. The number of carbonyl (C=O) groups is 1. The molecule has 110 valence electrons. The van der Waals surface area contributed by atoms with Crippen LogP contribution in [0.5, 0.6) is 0 Å². The van der Waals surface area contributed by atoms with E-state index >= 15 is 0 Å². The monoisotopic (exact) mass is 296 g/mol. The molecule has 0 atom stereocenters. The third-order valence-electron chi connectivity index (χ3n) is 3.18. The van der Waals surface area contributed by atoms with E-state index in [1.54, 1.807) is 0 Å². The molecule has 0 fully saturated rings. The van der Waals surface area contributed by atoms with Gasteiger partial charge in [-0.05, 0) is 24.3 Å². The van der Waals surface area contributed by atoms with E-state index < -0.39 is 4.92 Å². The van der Waals surface area contributed by atoms with Gasteiger partial charge in [0.05, 0.1) is 17.2 Å². The maximum atomic E-state index is 12.0. The summed E-state index contributed by atoms with van der Waals surface area (Å²) in [6, 6.07) is 11.1. The lowest BCUT2D eigenvalue weighted by Gasteiger charge is -2.02. The Morgan fingerprint density at radius 3 is 2.68 bits per heavy atom. The molecule has 2 aromatic heterocycles. The van der Waals surface area contributed by atoms with Crippen LogP contribution in [0.1, 0.15) is 16.1 Å². The minimum atomic E-state index is -0.502. The maximum Gasteiger partial charge on any atom is 0.269 e. The zero-order chi connectivity index (χ0) is 15.5. The fourth-order valence-electron chi connectivity index (χ4n) is 2.08. The van der Waals surface area contributed by atoms with Crippen LogP contribution in [0.4, 0.5) is 5.69 Å². The molecule has 0 bridgehead atoms. The lowest BCUT2D eigenvalue weighted by atomic mass is 10.2. The number of aromatic nitrogens is 2. The van der Waals surface area contributed by atoms with Crippen molar-refractivity contribution in [1.82, 2.24) is 14.7 Å². The van der Waals surface area contributed by atoms with Gasteiger partial charge in [-0.15, -0.1) is 0 Å². The van der Waals surface area contributed by atoms with E-state index in [1.165, 1.54) is 24.3 Å². The number of hydrogen-bond donors (Lipinski definition) is 1. The van der Waals surface area contributed by atoms with Crippen LogP contribution in [0.25, 0.3) is 5.65 Å². The number of nitro benzene ring substituents is 1. The number of nitrogens with zero attached hydrogens (tertiary/aromatic N) is 3. The second-order valence-electron chi connectivity index (χ2n) is 4.69. The summed E-state index contributed by atoms with van der Waals surface area (Å²) >= 11 is 0. The van der Waals surface area contributed by atoms with Crippen molar-refractivity contribution >= 4 is 17.2 Å². The van der Waals surface area contributed by atoms with E-state index in [0.717, 1.165) is 11.3 Å². The van der Waals surface area contributed by atoms with Crippen LogP contribution in [-0.4, -0.2) is 20.2 Å². The third-order valence-corrected chi connectivity index (χ3v) is 3.18. The van der Waals surface area contributed by atoms with E-state index in [-0.39, 0.29) is 18.1 Å². The van der Waals surface area contributed by atoms with Gasteiger partial charge in [0.1, 0.15) is 5.65 Å². The van der Waals surface area contributed by atoms with Gasteiger partial charge in [-0.1, -0.05) is 6.07 Å². The van der Waals surface area contributed by atoms with Gasteiger partial charge < -0.3 is 9.72 Å². The molecular formula is C15H12N4O3. The molecule has 0 aliphatic rings. The lowest BCUT2D eigenvalue weighted by molar-refractivity contribution is -0.384. The van der Waals surface area contributed by atoms with Crippen molar-refractivity contribution in [3.63, 3.8) is 0 Å². The number of amides is 1. The third kappa shape index (κ3) is 2.78. The Morgan fingerprint density at radius 1 is 1.23 bits per heavy atom. The number of pyridine rings is 1. The first-order valence-electron chi connectivity index (χ1n) is 6.59. The summed E-state index contributed by atoms with van der Waals surface area (Å²) in [5.74, 6) is -0.299. The summed E-state index contributed by atoms with van der Waals surface area (Å²) < 4.78 is 1.87. The molecule has 2 heterocycles. The van der Waals surface area contributed by atoms with Gasteiger partial charge >= 0.3 is 0 Å². The highest BCUT2D eigenvalue weighted by Gasteiger charge is 2.10. The molecule has 3 rings (SSSR count). The van der Waals surface area contributed by atoms with Crippen LogP contribution in [-0.2, 0) is 6.54 Å². The molecule has 0 aliphatic carbocycles. The van der Waals surface area contributed by atoms with E-state index in [1.807, 2.05) is 35.0 Å². The summed E-state index contributed by atoms with van der Waals surface area (Å²) in [4.78, 5) is 26.4. The van der Waals surface area contributed by atoms with Crippen molar-refractivity contribution in [2.75, 3.05) is 0 Å². The molecule has 0 saturated heterocycles. The average molecular weight is 296 g/mol. The van der Waals surface area contributed by atoms with Gasteiger partial charge in [-0.3, -0.25) is 14.9 Å². The number of rotatable bonds is 4. The molecule has 3 aromatic rings. The summed E-state index contributed by atoms with van der Waals surface area (Å²) in [7, 11) is 0. The minimum absolute atomic E-state index is 0.0445. The van der Waals surface area contributed by atoms with Gasteiger partial charge in [0, 0.05) is 30.1 Å². The second-order valence-corrected chi connectivity index (χ2v) is 4.69. The SMILES string of the molecule is O=C(NCc1cn2ccccc2n1)c1ccc([N+](=O)[O-])cc1. The summed E-state index contributed by atoms with van der Waals surface area (Å²) in [6.45, 7) is 0.289. The second kappa shape index (κ2) is 5.65. The van der Waals surface area contributed by atoms with Crippen molar-refractivity contribution in [2.24, 2.45) is 0 Å². The fourth-order valence-corrected chi connectivity index (χ4v) is 2.08. The molecule has 0 aliphatic heterocycles. The zero-order valence-corrected chi connectivity index (χ0v) is 11.5. The highest BCUT2D eigenvalue weighted by Crippen LogP contribution is 2.12. The number of fused-ring (bicyclic) bond motifs is 1. The van der Waals surface area contributed by atoms with E-state index in [2.05, 4.69) is 10.3 Å². The summed E-state index contributed by atoms with van der Waals surface area (Å²) in [6.07, 6.45) is 3.72. The fraction of sp³-hybridized carbons (Fsp3) is 0.0667. The Kier molecular flexibility index (Phi) is 3.53. The van der Waals surface area contributed by atoms with Crippen molar-refractivity contribution in [2.45, 2.75) is 6.54 Å². The van der Waals surface area contributed by atoms with Gasteiger partial charge in [0.25, 0.3) is 11.6 Å². The quantitative estimate of drug-likeness (QED) is 0.590. The maximum absolute atomic E-state index is 12.0. The average Bonchev–Trinajstić information content (AvgIpc) is 2.95. The lowest BCUT2D eigenvalue weighted by Crippen LogP contribution is -2.22. The van der Waals surface area contributed by atoms with E-state index in [9.17, 15) is 14.9 Å². The van der Waals surface area contributed by atoms with Crippen LogP contribution < -0.4 is 5.32 Å². The highest BCUT2D eigenvalue weighted by atomic mass is 16.6. The van der Waals surface area contributed by atoms with Crippen molar-refractivity contribution < 1.29 is 9.72 Å². The highest BCUT2D eigenvalue weighted by molar-refractivity contribution is 5.94. The normalized spacial score (nSPS) is 10.5. The molecule has 0 saturated carbocycles. The molecule has 7 heteroatoms. The number of benzene rings is 1. The zero-order valence-electron chi connectivity index (χ0n) is 11.5. The van der Waals surface area contributed by atoms with E-state index in [4.69, 9.17) is 0 Å². The Hall–Kier alpha value is -3.22. The van der Waals surface area contributed by atoms with Gasteiger partial charge in [-0.25, -0.2) is 4.98 Å². The molecular weight excluding hydrogens is 284 g/mol. The first kappa shape index (κ1) is 13.7. The van der Waals surface area contributed by atoms with E-state index in [0.29, 0.717) is 5.56 Å². The predicted octanol–water partition coefficient (Wildman–Crippen LogP) is 2.17.